The zero-order valence-electron chi connectivity index (χ0n) is 14.1. The first-order chi connectivity index (χ1) is 9.70. The van der Waals surface area contributed by atoms with Crippen LogP contribution in [0.1, 0.15) is 45.7 Å². The summed E-state index contributed by atoms with van der Waals surface area (Å²) < 4.78 is 0. The van der Waals surface area contributed by atoms with Crippen molar-refractivity contribution in [3.63, 3.8) is 0 Å². The van der Waals surface area contributed by atoms with E-state index in [-0.39, 0.29) is 18.6 Å². The third-order valence-corrected chi connectivity index (χ3v) is 3.98. The molecule has 1 aromatic carbocycles. The van der Waals surface area contributed by atoms with E-state index in [0.717, 1.165) is 13.0 Å². The van der Waals surface area contributed by atoms with Gasteiger partial charge in [-0.2, -0.15) is 0 Å². The third-order valence-electron chi connectivity index (χ3n) is 3.98. The van der Waals surface area contributed by atoms with E-state index in [1.54, 1.807) is 0 Å². The standard InChI is InChI=1S/C18H31NO2/c1-14(11-19-18(5,12-20)13-21)10-15-6-8-16(9-7-15)17(2,3)4/h6-9,14,19-21H,10-13H2,1-5H3/t14-/m0/s1. The molecular formula is C18H31NO2. The lowest BCUT2D eigenvalue weighted by molar-refractivity contribution is 0.101. The van der Waals surface area contributed by atoms with Crippen LogP contribution in [0.4, 0.5) is 0 Å². The molecule has 0 unspecified atom stereocenters. The lowest BCUT2D eigenvalue weighted by atomic mass is 9.86. The number of aliphatic hydroxyl groups is 2. The molecule has 0 radical (unpaired) electrons. The zero-order chi connectivity index (χ0) is 16.1. The smallest absolute Gasteiger partial charge is 0.0633 e. The maximum atomic E-state index is 9.27. The molecule has 3 N–H and O–H groups in total. The summed E-state index contributed by atoms with van der Waals surface area (Å²) in [5.74, 6) is 0.447. The van der Waals surface area contributed by atoms with Gasteiger partial charge in [-0.15, -0.1) is 0 Å². The Morgan fingerprint density at radius 3 is 1.95 bits per heavy atom. The summed E-state index contributed by atoms with van der Waals surface area (Å²) >= 11 is 0. The molecule has 0 aliphatic carbocycles. The normalized spacial score (nSPS) is 14.2. The van der Waals surface area contributed by atoms with Crippen LogP contribution in [0.2, 0.25) is 0 Å². The first kappa shape index (κ1) is 18.1. The molecule has 0 spiro atoms. The number of rotatable bonds is 7. The topological polar surface area (TPSA) is 52.5 Å². The number of nitrogens with one attached hydrogen (secondary N) is 1. The van der Waals surface area contributed by atoms with Crippen LogP contribution in [0.25, 0.3) is 0 Å². The lowest BCUT2D eigenvalue weighted by Gasteiger charge is -2.28. The molecule has 0 aliphatic heterocycles. The third kappa shape index (κ3) is 5.77. The Hall–Kier alpha value is -0.900. The molecule has 0 saturated carbocycles. The Kier molecular flexibility index (Phi) is 6.39. The average Bonchev–Trinajstić information content (AvgIpc) is 2.44. The van der Waals surface area contributed by atoms with Crippen LogP contribution in [-0.4, -0.2) is 35.5 Å². The number of hydrogen-bond donors (Lipinski definition) is 3. The maximum absolute atomic E-state index is 9.27. The molecule has 120 valence electrons. The minimum Gasteiger partial charge on any atom is -0.394 e. The van der Waals surface area contributed by atoms with Crippen molar-refractivity contribution in [3.05, 3.63) is 35.4 Å². The van der Waals surface area contributed by atoms with Crippen molar-refractivity contribution < 1.29 is 10.2 Å². The molecular weight excluding hydrogens is 262 g/mol. The Labute approximate surface area is 129 Å². The Balaban J connectivity index is 2.54. The first-order valence-corrected chi connectivity index (χ1v) is 7.76. The van der Waals surface area contributed by atoms with Gasteiger partial charge in [0.05, 0.1) is 18.8 Å². The molecule has 0 aromatic heterocycles. The van der Waals surface area contributed by atoms with Gasteiger partial charge >= 0.3 is 0 Å². The van der Waals surface area contributed by atoms with Crippen LogP contribution in [0.15, 0.2) is 24.3 Å². The second-order valence-corrected chi connectivity index (χ2v) is 7.51. The molecule has 1 atom stereocenters. The van der Waals surface area contributed by atoms with E-state index < -0.39 is 5.54 Å². The number of hydrogen-bond acceptors (Lipinski definition) is 3. The van der Waals surface area contributed by atoms with Gasteiger partial charge in [-0.25, -0.2) is 0 Å². The van der Waals surface area contributed by atoms with Crippen molar-refractivity contribution in [3.8, 4) is 0 Å². The van der Waals surface area contributed by atoms with Gasteiger partial charge in [-0.1, -0.05) is 52.0 Å². The molecule has 0 aliphatic rings. The minimum absolute atomic E-state index is 0.0590. The van der Waals surface area contributed by atoms with E-state index in [9.17, 15) is 10.2 Å². The quantitative estimate of drug-likeness (QED) is 0.724. The van der Waals surface area contributed by atoms with Gasteiger partial charge in [0.2, 0.25) is 0 Å². The minimum atomic E-state index is -0.593. The molecule has 1 aromatic rings. The van der Waals surface area contributed by atoms with Gasteiger partial charge in [0, 0.05) is 0 Å². The van der Waals surface area contributed by atoms with Crippen molar-refractivity contribution >= 4 is 0 Å². The summed E-state index contributed by atoms with van der Waals surface area (Å²) in [5.41, 5.74) is 2.28. The van der Waals surface area contributed by atoms with E-state index in [1.807, 2.05) is 6.92 Å². The summed E-state index contributed by atoms with van der Waals surface area (Å²) in [4.78, 5) is 0. The van der Waals surface area contributed by atoms with Gasteiger partial charge in [-0.05, 0) is 42.3 Å². The highest BCUT2D eigenvalue weighted by molar-refractivity contribution is 5.27. The zero-order valence-corrected chi connectivity index (χ0v) is 14.1. The average molecular weight is 293 g/mol. The van der Waals surface area contributed by atoms with E-state index in [4.69, 9.17) is 0 Å². The van der Waals surface area contributed by atoms with Gasteiger partial charge in [0.25, 0.3) is 0 Å². The molecule has 0 heterocycles. The summed E-state index contributed by atoms with van der Waals surface area (Å²) in [6, 6.07) is 8.82. The van der Waals surface area contributed by atoms with Gasteiger partial charge in [-0.3, -0.25) is 0 Å². The summed E-state index contributed by atoms with van der Waals surface area (Å²) in [6.45, 7) is 11.3. The van der Waals surface area contributed by atoms with Crippen LogP contribution in [0, 0.1) is 5.92 Å². The highest BCUT2D eigenvalue weighted by Crippen LogP contribution is 2.22. The van der Waals surface area contributed by atoms with Crippen molar-refractivity contribution in [2.24, 2.45) is 5.92 Å². The van der Waals surface area contributed by atoms with E-state index in [0.29, 0.717) is 5.92 Å². The van der Waals surface area contributed by atoms with Gasteiger partial charge in [0.15, 0.2) is 0 Å². The highest BCUT2D eigenvalue weighted by Gasteiger charge is 2.22. The van der Waals surface area contributed by atoms with Crippen LogP contribution in [0.3, 0.4) is 0 Å². The van der Waals surface area contributed by atoms with E-state index >= 15 is 0 Å². The van der Waals surface area contributed by atoms with Crippen LogP contribution in [-0.2, 0) is 11.8 Å². The monoisotopic (exact) mass is 293 g/mol. The van der Waals surface area contributed by atoms with Crippen LogP contribution >= 0.6 is 0 Å². The van der Waals surface area contributed by atoms with E-state index in [1.165, 1.54) is 11.1 Å². The molecule has 1 rings (SSSR count). The molecule has 0 fully saturated rings. The lowest BCUT2D eigenvalue weighted by Crippen LogP contribution is -2.50. The maximum Gasteiger partial charge on any atom is 0.0633 e. The summed E-state index contributed by atoms with van der Waals surface area (Å²) in [6.07, 6.45) is 0.990. The molecule has 0 amide bonds. The Morgan fingerprint density at radius 1 is 1.00 bits per heavy atom. The summed E-state index contributed by atoms with van der Waals surface area (Å²) in [5, 5.41) is 21.8. The Bertz CT molecular complexity index is 416. The van der Waals surface area contributed by atoms with Crippen molar-refractivity contribution in [2.45, 2.75) is 52.0 Å². The van der Waals surface area contributed by atoms with Crippen molar-refractivity contribution in [2.75, 3.05) is 19.8 Å². The Morgan fingerprint density at radius 2 is 1.52 bits per heavy atom. The number of aliphatic hydroxyl groups excluding tert-OH is 2. The van der Waals surface area contributed by atoms with Crippen LogP contribution in [0.5, 0.6) is 0 Å². The fourth-order valence-corrected chi connectivity index (χ4v) is 2.20. The van der Waals surface area contributed by atoms with Crippen molar-refractivity contribution in [1.29, 1.82) is 0 Å². The molecule has 3 nitrogen and oxygen atoms in total. The molecule has 0 bridgehead atoms. The van der Waals surface area contributed by atoms with Crippen LogP contribution < -0.4 is 5.32 Å². The second kappa shape index (κ2) is 7.39. The van der Waals surface area contributed by atoms with Crippen molar-refractivity contribution in [1.82, 2.24) is 5.32 Å². The SMILES string of the molecule is C[C@H](CNC(C)(CO)CO)Cc1ccc(C(C)(C)C)cc1. The molecule has 3 heteroatoms. The summed E-state index contributed by atoms with van der Waals surface area (Å²) in [7, 11) is 0. The van der Waals surface area contributed by atoms with E-state index in [2.05, 4.69) is 57.3 Å². The first-order valence-electron chi connectivity index (χ1n) is 7.76. The highest BCUT2D eigenvalue weighted by atomic mass is 16.3. The predicted molar refractivity (Wildman–Crippen MR) is 88.6 cm³/mol. The number of benzene rings is 1. The molecule has 21 heavy (non-hydrogen) atoms. The predicted octanol–water partition coefficient (Wildman–Crippen LogP) is 2.50. The molecule has 0 saturated heterocycles. The van der Waals surface area contributed by atoms with Gasteiger partial charge in [0.1, 0.15) is 0 Å². The second-order valence-electron chi connectivity index (χ2n) is 7.51. The largest absolute Gasteiger partial charge is 0.394 e. The fraction of sp³-hybridized carbons (Fsp3) is 0.667. The fourth-order valence-electron chi connectivity index (χ4n) is 2.20. The van der Waals surface area contributed by atoms with Gasteiger partial charge < -0.3 is 15.5 Å².